The fourth-order valence-electron chi connectivity index (χ4n) is 9.48. The summed E-state index contributed by atoms with van der Waals surface area (Å²) in [4.78, 5) is 0. The molecule has 7 heterocycles. The second-order valence-corrected chi connectivity index (χ2v) is 19.2. The van der Waals surface area contributed by atoms with Gasteiger partial charge in [-0.2, -0.15) is 0 Å². The lowest BCUT2D eigenvalue weighted by Crippen LogP contribution is -2.69. The fourth-order valence-corrected chi connectivity index (χ4v) is 9.48. The molecule has 0 aliphatic carbocycles. The van der Waals surface area contributed by atoms with Gasteiger partial charge < -0.3 is 174 Å². The Morgan fingerprint density at radius 2 is 0.645 bits per heavy atom. The van der Waals surface area contributed by atoms with E-state index < -0.39 is 255 Å². The Morgan fingerprint density at radius 3 is 1.17 bits per heavy atom. The summed E-state index contributed by atoms with van der Waals surface area (Å²) in [6.45, 7) is -6.51. The van der Waals surface area contributed by atoms with Gasteiger partial charge >= 0.3 is 0 Å². The van der Waals surface area contributed by atoms with E-state index in [4.69, 9.17) is 61.6 Å². The fraction of sp³-hybridized carbons (Fsp3) is 1.00. The molecule has 76 heavy (non-hydrogen) atoms. The molecule has 7 aliphatic heterocycles. The van der Waals surface area contributed by atoms with Crippen LogP contribution in [0.2, 0.25) is 0 Å². The van der Waals surface area contributed by atoms with Gasteiger partial charge in [0.2, 0.25) is 0 Å². The van der Waals surface area contributed by atoms with Crippen molar-refractivity contribution in [3.8, 4) is 0 Å². The van der Waals surface area contributed by atoms with Crippen LogP contribution in [0.25, 0.3) is 0 Å². The van der Waals surface area contributed by atoms with Gasteiger partial charge in [0, 0.05) is 0 Å². The summed E-state index contributed by atoms with van der Waals surface area (Å²) in [5, 5.41) is 234. The highest BCUT2D eigenvalue weighted by molar-refractivity contribution is 5.00. The van der Waals surface area contributed by atoms with Crippen molar-refractivity contribution in [1.82, 2.24) is 0 Å². The maximum absolute atomic E-state index is 12.1. The minimum absolute atomic E-state index is 0.602. The Bertz CT molecular complexity index is 1760. The number of aliphatic hydroxyl groups excluding tert-OH is 22. The monoisotopic (exact) mass is 1120 g/mol. The molecule has 7 fully saturated rings. The Kier molecular flexibility index (Phi) is 21.8. The van der Waals surface area contributed by atoms with Crippen LogP contribution in [0.1, 0.15) is 0 Å². The third-order valence-electron chi connectivity index (χ3n) is 14.1. The molecule has 7 aliphatic rings. The van der Waals surface area contributed by atoms with Crippen LogP contribution in [-0.4, -0.2) is 367 Å². The van der Waals surface area contributed by atoms with E-state index in [-0.39, 0.29) is 0 Å². The van der Waals surface area contributed by atoms with E-state index in [9.17, 15) is 112 Å². The molecule has 0 aromatic heterocycles. The summed E-state index contributed by atoms with van der Waals surface area (Å²) in [5.41, 5.74) is 0. The van der Waals surface area contributed by atoms with Crippen molar-refractivity contribution in [2.24, 2.45) is 0 Å². The zero-order valence-corrected chi connectivity index (χ0v) is 39.7. The van der Waals surface area contributed by atoms with Crippen molar-refractivity contribution >= 4 is 0 Å². The number of hydrogen-bond acceptors (Lipinski definition) is 35. The lowest BCUT2D eigenvalue weighted by Gasteiger charge is -2.51. The van der Waals surface area contributed by atoms with E-state index in [1.54, 1.807) is 0 Å². The highest BCUT2D eigenvalue weighted by Crippen LogP contribution is 2.38. The van der Waals surface area contributed by atoms with Gasteiger partial charge in [0.25, 0.3) is 0 Å². The molecule has 0 bridgehead atoms. The van der Waals surface area contributed by atoms with Crippen LogP contribution in [-0.2, 0) is 61.6 Å². The van der Waals surface area contributed by atoms with Crippen molar-refractivity contribution in [3.05, 3.63) is 0 Å². The SMILES string of the molecule is OCC1OC(OCC2OC(OC3C(COC4OCC(O)C(O)C4O)OC(OC4C(CO)OC(O)C(O)C4O)C(O)C3O)C(OC3OC(CO)C(O)C(O)C3O)C(OC3OC(CO)C(O)C(O)C3O)C2O)C(O)C(O)C1O. The Morgan fingerprint density at radius 1 is 0.276 bits per heavy atom. The van der Waals surface area contributed by atoms with E-state index in [0.29, 0.717) is 0 Å². The standard InChI is InChI=1S/C41H70O35/c42-1-9-16(48)20(52)27(59)37(68-9)66-6-13-19(51)33(75-38-28(60)21(53)17(49)10(2-43)69-38)34(76-39-29(61)22(54)18(50)11(3-44)70-39)41(71-13)74-32-14(7-65-36-26(58)15(47)8(46)5-64-36)72-40(30(62)24(32)56)73-31-12(4-45)67-35(63)25(57)23(31)55/h8-63H,1-7H2. The maximum atomic E-state index is 12.1. The summed E-state index contributed by atoms with van der Waals surface area (Å²) >= 11 is 0. The van der Waals surface area contributed by atoms with Crippen molar-refractivity contribution in [2.75, 3.05) is 46.2 Å². The molecular weight excluding hydrogens is 1050 g/mol. The predicted molar refractivity (Wildman–Crippen MR) is 226 cm³/mol. The minimum Gasteiger partial charge on any atom is -0.394 e. The van der Waals surface area contributed by atoms with Crippen LogP contribution in [0.3, 0.4) is 0 Å². The van der Waals surface area contributed by atoms with Crippen molar-refractivity contribution in [1.29, 1.82) is 0 Å². The molecule has 444 valence electrons. The van der Waals surface area contributed by atoms with Crippen LogP contribution in [0, 0.1) is 0 Å². The van der Waals surface area contributed by atoms with Crippen LogP contribution < -0.4 is 0 Å². The molecule has 0 aromatic carbocycles. The van der Waals surface area contributed by atoms with Crippen LogP contribution in [0.15, 0.2) is 0 Å². The first kappa shape index (κ1) is 62.2. The first-order valence-electron chi connectivity index (χ1n) is 24.1. The molecule has 34 unspecified atom stereocenters. The average molecular weight is 1120 g/mol. The van der Waals surface area contributed by atoms with Gasteiger partial charge in [-0.25, -0.2) is 0 Å². The average Bonchev–Trinajstić information content (AvgIpc) is 3.40. The highest BCUT2D eigenvalue weighted by Gasteiger charge is 2.59. The second kappa shape index (κ2) is 26.7. The topological polar surface area (TPSA) is 565 Å². The molecule has 0 saturated carbocycles. The van der Waals surface area contributed by atoms with Gasteiger partial charge in [-0.05, 0) is 0 Å². The molecule has 35 nitrogen and oxygen atoms in total. The van der Waals surface area contributed by atoms with Gasteiger partial charge in [0.05, 0.1) is 46.2 Å². The van der Waals surface area contributed by atoms with Gasteiger partial charge in [-0.3, -0.25) is 0 Å². The van der Waals surface area contributed by atoms with Gasteiger partial charge in [-0.1, -0.05) is 0 Å². The Balaban J connectivity index is 1.27. The summed E-state index contributed by atoms with van der Waals surface area (Å²) < 4.78 is 74.4. The zero-order chi connectivity index (χ0) is 55.8. The van der Waals surface area contributed by atoms with E-state index in [2.05, 4.69) is 0 Å². The van der Waals surface area contributed by atoms with Gasteiger partial charge in [0.1, 0.15) is 165 Å². The molecule has 0 radical (unpaired) electrons. The van der Waals surface area contributed by atoms with Gasteiger partial charge in [0.15, 0.2) is 44.0 Å². The number of aliphatic hydroxyl groups is 22. The van der Waals surface area contributed by atoms with E-state index >= 15 is 0 Å². The number of hydrogen-bond donors (Lipinski definition) is 22. The third-order valence-corrected chi connectivity index (χ3v) is 14.1. The second-order valence-electron chi connectivity index (χ2n) is 19.2. The van der Waals surface area contributed by atoms with Crippen LogP contribution in [0.5, 0.6) is 0 Å². The highest BCUT2D eigenvalue weighted by atomic mass is 16.8. The molecule has 35 heteroatoms. The van der Waals surface area contributed by atoms with Crippen molar-refractivity contribution in [3.63, 3.8) is 0 Å². The quantitative estimate of drug-likeness (QED) is 0.0606. The molecule has 22 N–H and O–H groups in total. The molecule has 34 atom stereocenters. The first-order valence-corrected chi connectivity index (χ1v) is 24.1. The molecule has 0 spiro atoms. The van der Waals surface area contributed by atoms with E-state index in [1.165, 1.54) is 0 Å². The molecular formula is C41H70O35. The van der Waals surface area contributed by atoms with E-state index in [0.717, 1.165) is 0 Å². The molecule has 0 aromatic rings. The summed E-state index contributed by atoms with van der Waals surface area (Å²) in [6.07, 6.45) is -68.9. The summed E-state index contributed by atoms with van der Waals surface area (Å²) in [6, 6.07) is 0. The van der Waals surface area contributed by atoms with Crippen LogP contribution in [0.4, 0.5) is 0 Å². The third kappa shape index (κ3) is 12.9. The minimum atomic E-state index is -2.38. The van der Waals surface area contributed by atoms with Crippen molar-refractivity contribution in [2.45, 2.75) is 209 Å². The lowest BCUT2D eigenvalue weighted by molar-refractivity contribution is -0.412. The zero-order valence-electron chi connectivity index (χ0n) is 39.7. The largest absolute Gasteiger partial charge is 0.394 e. The first-order chi connectivity index (χ1) is 36.0. The van der Waals surface area contributed by atoms with E-state index in [1.807, 2.05) is 0 Å². The smallest absolute Gasteiger partial charge is 0.187 e. The van der Waals surface area contributed by atoms with Crippen LogP contribution >= 0.6 is 0 Å². The molecule has 7 saturated heterocycles. The normalized spacial score (nSPS) is 53.6. The van der Waals surface area contributed by atoms with Gasteiger partial charge in [-0.15, -0.1) is 0 Å². The lowest BCUT2D eigenvalue weighted by atomic mass is 9.95. The molecule has 0 amide bonds. The molecule has 7 rings (SSSR count). The maximum Gasteiger partial charge on any atom is 0.187 e. The number of rotatable bonds is 18. The van der Waals surface area contributed by atoms with Crippen molar-refractivity contribution < 1.29 is 174 Å². The Labute approximate surface area is 428 Å². The summed E-state index contributed by atoms with van der Waals surface area (Å²) in [7, 11) is 0. The predicted octanol–water partition coefficient (Wildman–Crippen LogP) is -15.6. The number of ether oxygens (including phenoxy) is 13. The summed E-state index contributed by atoms with van der Waals surface area (Å²) in [5.74, 6) is 0. The Hall–Kier alpha value is -1.40.